The summed E-state index contributed by atoms with van der Waals surface area (Å²) in [5, 5.41) is 12.2. The fourth-order valence-corrected chi connectivity index (χ4v) is 3.28. The number of aliphatic hydroxyl groups is 1. The first kappa shape index (κ1) is 14.2. The van der Waals surface area contributed by atoms with Crippen molar-refractivity contribution in [2.24, 2.45) is 0 Å². The molecule has 0 radical (unpaired) electrons. The molecule has 96 valence electrons. The Balaban J connectivity index is 2.70. The molecule has 0 aliphatic carbocycles. The molecule has 2 N–H and O–H groups in total. The van der Waals surface area contributed by atoms with Gasteiger partial charge in [-0.1, -0.05) is 24.3 Å². The summed E-state index contributed by atoms with van der Waals surface area (Å²) < 4.78 is 23.7. The van der Waals surface area contributed by atoms with E-state index in [1.807, 2.05) is 25.1 Å². The normalized spacial score (nSPS) is 13.6. The number of nitrogens with one attached hydrogen (secondary N) is 1. The van der Waals surface area contributed by atoms with E-state index in [-0.39, 0.29) is 18.1 Å². The molecule has 1 unspecified atom stereocenters. The van der Waals surface area contributed by atoms with Crippen molar-refractivity contribution >= 4 is 9.84 Å². The van der Waals surface area contributed by atoms with Crippen molar-refractivity contribution in [2.45, 2.75) is 18.8 Å². The maximum Gasteiger partial charge on any atom is 0.157 e. The third-order valence-corrected chi connectivity index (χ3v) is 4.17. The summed E-state index contributed by atoms with van der Waals surface area (Å²) in [6.45, 7) is 2.17. The van der Waals surface area contributed by atoms with E-state index in [0.29, 0.717) is 0 Å². The Morgan fingerprint density at radius 2 is 2.00 bits per heavy atom. The molecular weight excluding hydrogens is 238 g/mol. The quantitative estimate of drug-likeness (QED) is 0.778. The van der Waals surface area contributed by atoms with Gasteiger partial charge in [0.05, 0.1) is 17.6 Å². The van der Waals surface area contributed by atoms with Gasteiger partial charge in [0.25, 0.3) is 0 Å². The predicted octanol–water partition coefficient (Wildman–Crippen LogP) is 0.490. The summed E-state index contributed by atoms with van der Waals surface area (Å²) >= 11 is 0. The monoisotopic (exact) mass is 257 g/mol. The van der Waals surface area contributed by atoms with E-state index in [1.165, 1.54) is 0 Å². The highest BCUT2D eigenvalue weighted by Gasteiger charge is 2.18. The highest BCUT2D eigenvalue weighted by atomic mass is 32.2. The first-order valence-electron chi connectivity index (χ1n) is 5.52. The summed E-state index contributed by atoms with van der Waals surface area (Å²) in [7, 11) is -1.59. The molecule has 1 rings (SSSR count). The van der Waals surface area contributed by atoms with Crippen LogP contribution in [0.1, 0.15) is 11.1 Å². The summed E-state index contributed by atoms with van der Waals surface area (Å²) in [5.41, 5.74) is 1.75. The molecule has 0 aliphatic rings. The van der Waals surface area contributed by atoms with Crippen LogP contribution in [0.3, 0.4) is 0 Å². The number of likely N-dealkylation sites (N-methyl/N-ethyl adjacent to an activating group) is 1. The third kappa shape index (κ3) is 4.85. The van der Waals surface area contributed by atoms with E-state index in [2.05, 4.69) is 5.32 Å². The zero-order valence-electron chi connectivity index (χ0n) is 10.2. The minimum Gasteiger partial charge on any atom is -0.391 e. The Kier molecular flexibility index (Phi) is 5.11. The predicted molar refractivity (Wildman–Crippen MR) is 68.6 cm³/mol. The van der Waals surface area contributed by atoms with Crippen molar-refractivity contribution in [2.75, 3.05) is 19.3 Å². The lowest BCUT2D eigenvalue weighted by Gasteiger charge is -2.11. The molecule has 17 heavy (non-hydrogen) atoms. The molecule has 0 amide bonds. The van der Waals surface area contributed by atoms with Gasteiger partial charge in [0.15, 0.2) is 9.84 Å². The largest absolute Gasteiger partial charge is 0.391 e. The molecule has 1 aromatic carbocycles. The highest BCUT2D eigenvalue weighted by molar-refractivity contribution is 7.90. The van der Waals surface area contributed by atoms with Gasteiger partial charge in [0, 0.05) is 6.54 Å². The van der Waals surface area contributed by atoms with Gasteiger partial charge in [-0.25, -0.2) is 8.42 Å². The Morgan fingerprint density at radius 1 is 1.35 bits per heavy atom. The van der Waals surface area contributed by atoms with E-state index in [4.69, 9.17) is 0 Å². The van der Waals surface area contributed by atoms with Crippen molar-refractivity contribution in [3.8, 4) is 0 Å². The average Bonchev–Trinajstić information content (AvgIpc) is 2.20. The molecule has 0 spiro atoms. The van der Waals surface area contributed by atoms with Crippen LogP contribution >= 0.6 is 0 Å². The van der Waals surface area contributed by atoms with Gasteiger partial charge in [-0.2, -0.15) is 0 Å². The Hall–Kier alpha value is -0.910. The van der Waals surface area contributed by atoms with Crippen LogP contribution in [-0.2, 0) is 15.6 Å². The lowest BCUT2D eigenvalue weighted by molar-refractivity contribution is 0.196. The van der Waals surface area contributed by atoms with Crippen LogP contribution in [-0.4, -0.2) is 39.0 Å². The summed E-state index contributed by atoms with van der Waals surface area (Å²) in [5.74, 6) is -0.220. The molecule has 4 nitrogen and oxygen atoms in total. The van der Waals surface area contributed by atoms with Crippen LogP contribution in [0.5, 0.6) is 0 Å². The van der Waals surface area contributed by atoms with Crippen molar-refractivity contribution in [3.05, 3.63) is 35.4 Å². The van der Waals surface area contributed by atoms with Crippen LogP contribution in [0.25, 0.3) is 0 Å². The van der Waals surface area contributed by atoms with Crippen LogP contribution in [0.4, 0.5) is 0 Å². The molecule has 0 saturated carbocycles. The summed E-state index contributed by atoms with van der Waals surface area (Å²) in [6.07, 6.45) is -0.853. The summed E-state index contributed by atoms with van der Waals surface area (Å²) in [4.78, 5) is 0. The van der Waals surface area contributed by atoms with Gasteiger partial charge in [0.1, 0.15) is 0 Å². The van der Waals surface area contributed by atoms with Crippen molar-refractivity contribution in [1.29, 1.82) is 0 Å². The molecule has 0 fully saturated rings. The second kappa shape index (κ2) is 6.14. The van der Waals surface area contributed by atoms with Gasteiger partial charge in [0.2, 0.25) is 0 Å². The van der Waals surface area contributed by atoms with Crippen LogP contribution in [0.2, 0.25) is 0 Å². The van der Waals surface area contributed by atoms with Crippen LogP contribution < -0.4 is 5.32 Å². The maximum atomic E-state index is 11.8. The fourth-order valence-electron chi connectivity index (χ4n) is 1.66. The van der Waals surface area contributed by atoms with E-state index in [1.54, 1.807) is 13.1 Å². The zero-order valence-corrected chi connectivity index (χ0v) is 11.0. The number of aryl methyl sites for hydroxylation is 1. The summed E-state index contributed by atoms with van der Waals surface area (Å²) in [6, 6.07) is 7.38. The van der Waals surface area contributed by atoms with Crippen molar-refractivity contribution < 1.29 is 13.5 Å². The van der Waals surface area contributed by atoms with E-state index in [0.717, 1.165) is 11.1 Å². The van der Waals surface area contributed by atoms with Gasteiger partial charge >= 0.3 is 0 Å². The second-order valence-corrected chi connectivity index (χ2v) is 6.30. The highest BCUT2D eigenvalue weighted by Crippen LogP contribution is 2.12. The van der Waals surface area contributed by atoms with Crippen LogP contribution in [0, 0.1) is 6.92 Å². The van der Waals surface area contributed by atoms with E-state index >= 15 is 0 Å². The SMILES string of the molecule is CNCC(O)CS(=O)(=O)Cc1ccccc1C. The molecule has 5 heteroatoms. The molecule has 1 atom stereocenters. The molecule has 0 bridgehead atoms. The van der Waals surface area contributed by atoms with Gasteiger partial charge in [-0.05, 0) is 25.1 Å². The van der Waals surface area contributed by atoms with Crippen molar-refractivity contribution in [3.63, 3.8) is 0 Å². The van der Waals surface area contributed by atoms with Crippen LogP contribution in [0.15, 0.2) is 24.3 Å². The first-order valence-corrected chi connectivity index (χ1v) is 7.34. The lowest BCUT2D eigenvalue weighted by atomic mass is 10.1. The number of aliphatic hydroxyl groups excluding tert-OH is 1. The Bertz CT molecular complexity index is 457. The number of hydrogen-bond acceptors (Lipinski definition) is 4. The minimum atomic E-state index is -3.27. The van der Waals surface area contributed by atoms with E-state index in [9.17, 15) is 13.5 Å². The lowest BCUT2D eigenvalue weighted by Crippen LogP contribution is -2.31. The van der Waals surface area contributed by atoms with Gasteiger partial charge in [-0.3, -0.25) is 0 Å². The number of hydrogen-bond donors (Lipinski definition) is 2. The Morgan fingerprint density at radius 3 is 2.59 bits per heavy atom. The smallest absolute Gasteiger partial charge is 0.157 e. The third-order valence-electron chi connectivity index (χ3n) is 2.52. The molecule has 0 saturated heterocycles. The molecule has 0 aromatic heterocycles. The topological polar surface area (TPSA) is 66.4 Å². The molecule has 1 aromatic rings. The first-order chi connectivity index (χ1) is 7.94. The fraction of sp³-hybridized carbons (Fsp3) is 0.500. The maximum absolute atomic E-state index is 11.8. The van der Waals surface area contributed by atoms with Gasteiger partial charge < -0.3 is 10.4 Å². The molecule has 0 aliphatic heterocycles. The number of sulfone groups is 1. The average molecular weight is 257 g/mol. The standard InChI is InChI=1S/C12H19NO3S/c1-10-5-3-4-6-11(10)8-17(15,16)9-12(14)7-13-2/h3-6,12-14H,7-9H2,1-2H3. The Labute approximate surface area is 103 Å². The second-order valence-electron chi connectivity index (χ2n) is 4.19. The molecular formula is C12H19NO3S. The molecule has 0 heterocycles. The minimum absolute atomic E-state index is 0.0134. The van der Waals surface area contributed by atoms with E-state index < -0.39 is 15.9 Å². The number of rotatable bonds is 6. The van der Waals surface area contributed by atoms with Crippen molar-refractivity contribution in [1.82, 2.24) is 5.32 Å². The number of benzene rings is 1. The van der Waals surface area contributed by atoms with Gasteiger partial charge in [-0.15, -0.1) is 0 Å². The zero-order chi connectivity index (χ0) is 12.9.